The lowest BCUT2D eigenvalue weighted by atomic mass is 10.2. The molecule has 0 radical (unpaired) electrons. The monoisotopic (exact) mass is 252 g/mol. The van der Waals surface area contributed by atoms with Crippen LogP contribution in [-0.2, 0) is 0 Å². The van der Waals surface area contributed by atoms with E-state index in [-0.39, 0.29) is 5.69 Å². The van der Waals surface area contributed by atoms with Gasteiger partial charge in [0, 0.05) is 24.1 Å². The second kappa shape index (κ2) is 4.83. The molecule has 1 aliphatic rings. The number of hydrogen-bond donors (Lipinski definition) is 2. The summed E-state index contributed by atoms with van der Waals surface area (Å²) in [5.41, 5.74) is 12.0. The average Bonchev–Trinajstić information content (AvgIpc) is 2.30. The summed E-state index contributed by atoms with van der Waals surface area (Å²) in [5.74, 6) is 2.24. The Morgan fingerprint density at radius 1 is 1.59 bits per heavy atom. The van der Waals surface area contributed by atoms with E-state index < -0.39 is 5.91 Å². The second-order valence-electron chi connectivity index (χ2n) is 4.09. The quantitative estimate of drug-likeness (QED) is 0.809. The van der Waals surface area contributed by atoms with Crippen LogP contribution in [0.2, 0.25) is 0 Å². The highest BCUT2D eigenvalue weighted by molar-refractivity contribution is 7.99. The van der Waals surface area contributed by atoms with E-state index in [0.717, 1.165) is 18.1 Å². The number of anilines is 2. The molecule has 0 spiro atoms. The number of nitrogen functional groups attached to an aromatic ring is 1. The maximum atomic E-state index is 11.1. The van der Waals surface area contributed by atoms with Gasteiger partial charge in [0.05, 0.1) is 5.69 Å². The second-order valence-corrected chi connectivity index (χ2v) is 5.24. The Morgan fingerprint density at radius 2 is 2.35 bits per heavy atom. The first-order chi connectivity index (χ1) is 8.09. The van der Waals surface area contributed by atoms with Crippen LogP contribution in [0.4, 0.5) is 11.5 Å². The summed E-state index contributed by atoms with van der Waals surface area (Å²) in [6.07, 6.45) is 0. The molecule has 1 fully saturated rings. The fraction of sp³-hybridized carbons (Fsp3) is 0.455. The Kier molecular flexibility index (Phi) is 3.42. The first kappa shape index (κ1) is 12.0. The molecule has 1 atom stereocenters. The van der Waals surface area contributed by atoms with E-state index in [1.54, 1.807) is 12.1 Å². The van der Waals surface area contributed by atoms with Crippen molar-refractivity contribution >= 4 is 29.2 Å². The van der Waals surface area contributed by atoms with Gasteiger partial charge in [-0.15, -0.1) is 0 Å². The Labute approximate surface area is 105 Å². The minimum Gasteiger partial charge on any atom is -0.396 e. The van der Waals surface area contributed by atoms with Crippen LogP contribution in [-0.4, -0.2) is 35.0 Å². The van der Waals surface area contributed by atoms with Gasteiger partial charge in [0.2, 0.25) is 0 Å². The fourth-order valence-corrected chi connectivity index (χ4v) is 2.88. The third-order valence-electron chi connectivity index (χ3n) is 2.80. The third kappa shape index (κ3) is 2.46. The predicted octanol–water partition coefficient (Wildman–Crippen LogP) is 0.704. The number of pyridine rings is 1. The Balaban J connectivity index is 2.35. The number of rotatable bonds is 2. The van der Waals surface area contributed by atoms with Gasteiger partial charge >= 0.3 is 0 Å². The van der Waals surface area contributed by atoms with Crippen LogP contribution in [0.1, 0.15) is 17.4 Å². The molecule has 1 aliphatic heterocycles. The number of hydrogen-bond acceptors (Lipinski definition) is 5. The molecular formula is C11H16N4OS. The molecule has 5 nitrogen and oxygen atoms in total. The molecular weight excluding hydrogens is 236 g/mol. The molecule has 92 valence electrons. The minimum absolute atomic E-state index is 0.264. The minimum atomic E-state index is -0.523. The van der Waals surface area contributed by atoms with Gasteiger partial charge in [-0.25, -0.2) is 4.98 Å². The van der Waals surface area contributed by atoms with E-state index in [4.69, 9.17) is 11.5 Å². The van der Waals surface area contributed by atoms with Gasteiger partial charge in [0.25, 0.3) is 5.91 Å². The van der Waals surface area contributed by atoms with Gasteiger partial charge in [-0.3, -0.25) is 4.79 Å². The van der Waals surface area contributed by atoms with E-state index in [9.17, 15) is 4.79 Å². The highest BCUT2D eigenvalue weighted by atomic mass is 32.2. The van der Waals surface area contributed by atoms with Crippen LogP contribution in [0, 0.1) is 0 Å². The topological polar surface area (TPSA) is 85.2 Å². The summed E-state index contributed by atoms with van der Waals surface area (Å²) in [6.45, 7) is 3.02. The zero-order valence-electron chi connectivity index (χ0n) is 9.72. The predicted molar refractivity (Wildman–Crippen MR) is 71.3 cm³/mol. The van der Waals surface area contributed by atoms with Crippen molar-refractivity contribution in [1.82, 2.24) is 4.98 Å². The summed E-state index contributed by atoms with van der Waals surface area (Å²) in [4.78, 5) is 17.5. The Bertz CT molecular complexity index is 437. The SMILES string of the molecule is CC1CSCCN1c1nc(C(N)=O)ccc1N. The molecule has 1 aromatic heterocycles. The van der Waals surface area contributed by atoms with Crippen molar-refractivity contribution in [3.63, 3.8) is 0 Å². The van der Waals surface area contributed by atoms with Gasteiger partial charge in [-0.2, -0.15) is 11.8 Å². The summed E-state index contributed by atoms with van der Waals surface area (Å²) in [5, 5.41) is 0. The number of carbonyl (C=O) groups is 1. The number of primary amides is 1. The number of carbonyl (C=O) groups excluding carboxylic acids is 1. The first-order valence-corrected chi connectivity index (χ1v) is 6.66. The Morgan fingerprint density at radius 3 is 3.00 bits per heavy atom. The smallest absolute Gasteiger partial charge is 0.267 e. The molecule has 0 bridgehead atoms. The molecule has 0 aliphatic carbocycles. The van der Waals surface area contributed by atoms with Crippen molar-refractivity contribution in [2.75, 3.05) is 28.7 Å². The summed E-state index contributed by atoms with van der Waals surface area (Å²) in [7, 11) is 0. The molecule has 1 aromatic rings. The summed E-state index contributed by atoms with van der Waals surface area (Å²) >= 11 is 1.92. The van der Waals surface area contributed by atoms with E-state index in [0.29, 0.717) is 17.5 Å². The third-order valence-corrected chi connectivity index (χ3v) is 3.99. The maximum Gasteiger partial charge on any atom is 0.267 e. The molecule has 17 heavy (non-hydrogen) atoms. The lowest BCUT2D eigenvalue weighted by molar-refractivity contribution is 0.0995. The van der Waals surface area contributed by atoms with Crippen LogP contribution in [0.15, 0.2) is 12.1 Å². The van der Waals surface area contributed by atoms with Crippen molar-refractivity contribution in [2.24, 2.45) is 5.73 Å². The van der Waals surface area contributed by atoms with Crippen molar-refractivity contribution < 1.29 is 4.79 Å². The molecule has 0 saturated carbocycles. The van der Waals surface area contributed by atoms with Crippen LogP contribution in [0.25, 0.3) is 0 Å². The van der Waals surface area contributed by atoms with Crippen LogP contribution in [0.5, 0.6) is 0 Å². The van der Waals surface area contributed by atoms with Gasteiger partial charge in [-0.1, -0.05) is 0 Å². The normalized spacial score (nSPS) is 20.3. The molecule has 6 heteroatoms. The number of nitrogens with zero attached hydrogens (tertiary/aromatic N) is 2. The van der Waals surface area contributed by atoms with E-state index in [1.807, 2.05) is 11.8 Å². The first-order valence-electron chi connectivity index (χ1n) is 5.50. The lowest BCUT2D eigenvalue weighted by Crippen LogP contribution is -2.41. The van der Waals surface area contributed by atoms with Gasteiger partial charge in [-0.05, 0) is 19.1 Å². The van der Waals surface area contributed by atoms with Crippen LogP contribution >= 0.6 is 11.8 Å². The fourth-order valence-electron chi connectivity index (χ4n) is 1.87. The van der Waals surface area contributed by atoms with E-state index >= 15 is 0 Å². The largest absolute Gasteiger partial charge is 0.396 e. The molecule has 1 unspecified atom stereocenters. The van der Waals surface area contributed by atoms with Crippen molar-refractivity contribution in [1.29, 1.82) is 0 Å². The van der Waals surface area contributed by atoms with Gasteiger partial charge in [0.1, 0.15) is 5.69 Å². The van der Waals surface area contributed by atoms with Gasteiger partial charge in [0.15, 0.2) is 5.82 Å². The van der Waals surface area contributed by atoms with E-state index in [2.05, 4.69) is 16.8 Å². The van der Waals surface area contributed by atoms with Crippen LogP contribution < -0.4 is 16.4 Å². The van der Waals surface area contributed by atoms with Crippen molar-refractivity contribution in [3.8, 4) is 0 Å². The number of amides is 1. The van der Waals surface area contributed by atoms with Crippen molar-refractivity contribution in [3.05, 3.63) is 17.8 Å². The molecule has 2 rings (SSSR count). The summed E-state index contributed by atoms with van der Waals surface area (Å²) < 4.78 is 0. The molecule has 0 aromatic carbocycles. The van der Waals surface area contributed by atoms with E-state index in [1.165, 1.54) is 0 Å². The van der Waals surface area contributed by atoms with Gasteiger partial charge < -0.3 is 16.4 Å². The number of nitrogens with two attached hydrogens (primary N) is 2. The Hall–Kier alpha value is -1.43. The zero-order chi connectivity index (χ0) is 12.4. The summed E-state index contributed by atoms with van der Waals surface area (Å²) in [6, 6.07) is 3.62. The average molecular weight is 252 g/mol. The molecule has 2 heterocycles. The van der Waals surface area contributed by atoms with Crippen molar-refractivity contribution in [2.45, 2.75) is 13.0 Å². The number of aromatic nitrogens is 1. The molecule has 1 amide bonds. The molecule has 1 saturated heterocycles. The van der Waals surface area contributed by atoms with Crippen LogP contribution in [0.3, 0.4) is 0 Å². The lowest BCUT2D eigenvalue weighted by Gasteiger charge is -2.34. The highest BCUT2D eigenvalue weighted by Gasteiger charge is 2.22. The standard InChI is InChI=1S/C11H16N4OS/c1-7-6-17-5-4-15(7)11-8(12)2-3-9(14-11)10(13)16/h2-3,7H,4-6,12H2,1H3,(H2,13,16). The zero-order valence-corrected chi connectivity index (χ0v) is 10.5. The maximum absolute atomic E-state index is 11.1. The highest BCUT2D eigenvalue weighted by Crippen LogP contribution is 2.27. The number of thioether (sulfide) groups is 1. The molecule has 4 N–H and O–H groups in total.